The van der Waals surface area contributed by atoms with Crippen molar-refractivity contribution in [1.82, 2.24) is 5.43 Å². The van der Waals surface area contributed by atoms with E-state index in [0.29, 0.717) is 6.54 Å². The molecule has 0 spiro atoms. The molecule has 0 saturated heterocycles. The summed E-state index contributed by atoms with van der Waals surface area (Å²) in [5.74, 6) is 10.3. The monoisotopic (exact) mass is 309 g/mol. The Morgan fingerprint density at radius 1 is 1.38 bits per heavy atom. The van der Waals surface area contributed by atoms with Crippen LogP contribution in [0.3, 0.4) is 0 Å². The van der Waals surface area contributed by atoms with Crippen molar-refractivity contribution in [2.24, 2.45) is 11.7 Å². The Hall–Kier alpha value is -2.16. The number of carbonyl (C=O) groups excluding carboxylic acids is 1. The number of para-hydroxylation sites is 1. The smallest absolute Gasteiger partial charge is 0.350 e. The molecule has 112 valence electrons. The average Bonchev–Trinajstić information content (AvgIpc) is 2.98. The fourth-order valence-corrected chi connectivity index (χ4v) is 2.73. The van der Waals surface area contributed by atoms with Gasteiger partial charge in [-0.2, -0.15) is 0 Å². The molecule has 0 fully saturated rings. The van der Waals surface area contributed by atoms with Crippen molar-refractivity contribution < 1.29 is 9.18 Å². The second kappa shape index (κ2) is 6.53. The first-order valence-corrected chi connectivity index (χ1v) is 7.00. The van der Waals surface area contributed by atoms with Crippen LogP contribution in [-0.4, -0.2) is 13.1 Å². The van der Waals surface area contributed by atoms with Gasteiger partial charge in [-0.3, -0.25) is 5.43 Å². The van der Waals surface area contributed by atoms with Gasteiger partial charge in [0.15, 0.2) is 0 Å². The third-order valence-corrected chi connectivity index (χ3v) is 3.78. The minimum Gasteiger partial charge on any atom is -0.365 e. The zero-order chi connectivity index (χ0) is 15.4. The van der Waals surface area contributed by atoms with Crippen LogP contribution in [0.25, 0.3) is 0 Å². The van der Waals surface area contributed by atoms with Crippen molar-refractivity contribution in [3.05, 3.63) is 46.4 Å². The molecule has 0 bridgehead atoms. The quantitative estimate of drug-likeness (QED) is 0.456. The molecule has 0 saturated carbocycles. The van der Waals surface area contributed by atoms with Gasteiger partial charge in [0.25, 0.3) is 0 Å². The second-order valence-electron chi connectivity index (χ2n) is 4.36. The van der Waals surface area contributed by atoms with Gasteiger partial charge in [0.05, 0.1) is 17.9 Å². The highest BCUT2D eigenvalue weighted by molar-refractivity contribution is 7.09. The van der Waals surface area contributed by atoms with Crippen molar-refractivity contribution in [3.63, 3.8) is 0 Å². The van der Waals surface area contributed by atoms with E-state index in [1.165, 1.54) is 12.1 Å². The molecule has 8 heteroatoms. The molecule has 0 aliphatic rings. The lowest BCUT2D eigenvalue weighted by molar-refractivity contribution is 0.246. The van der Waals surface area contributed by atoms with Gasteiger partial charge in [-0.25, -0.2) is 25.9 Å². The molecule has 2 aromatic rings. The van der Waals surface area contributed by atoms with E-state index in [-0.39, 0.29) is 11.4 Å². The van der Waals surface area contributed by atoms with Crippen molar-refractivity contribution >= 4 is 28.7 Å². The molecule has 0 atom stereocenters. The van der Waals surface area contributed by atoms with Crippen LogP contribution in [0.1, 0.15) is 4.88 Å². The van der Waals surface area contributed by atoms with Crippen molar-refractivity contribution in [2.75, 3.05) is 17.0 Å². The number of hydrogen-bond donors (Lipinski definition) is 3. The lowest BCUT2D eigenvalue weighted by Crippen LogP contribution is -2.48. The summed E-state index contributed by atoms with van der Waals surface area (Å²) in [4.78, 5) is 14.3. The molecular weight excluding hydrogens is 293 g/mol. The maximum atomic E-state index is 14.2. The highest BCUT2D eigenvalue weighted by Gasteiger charge is 2.20. The van der Waals surface area contributed by atoms with E-state index in [0.717, 1.165) is 9.89 Å². The number of benzene rings is 1. The molecule has 5 N–H and O–H groups in total. The number of hydrogen-bond acceptors (Lipinski definition) is 5. The number of amides is 2. The van der Waals surface area contributed by atoms with Gasteiger partial charge in [0.2, 0.25) is 0 Å². The van der Waals surface area contributed by atoms with Crippen LogP contribution in [0.4, 0.5) is 20.6 Å². The lowest BCUT2D eigenvalue weighted by Gasteiger charge is -2.26. The number of nitrogens with one attached hydrogen (secondary N) is 1. The molecule has 1 aromatic carbocycles. The number of rotatable bonds is 4. The Morgan fingerprint density at radius 2 is 2.14 bits per heavy atom. The van der Waals surface area contributed by atoms with Gasteiger partial charge in [-0.15, -0.1) is 11.3 Å². The molecule has 0 aliphatic carbocycles. The number of halogens is 1. The van der Waals surface area contributed by atoms with Gasteiger partial charge in [0.1, 0.15) is 5.82 Å². The molecule has 0 unspecified atom stereocenters. The first kappa shape index (κ1) is 15.2. The van der Waals surface area contributed by atoms with Crippen LogP contribution >= 0.6 is 11.3 Å². The molecule has 1 heterocycles. The van der Waals surface area contributed by atoms with Crippen LogP contribution in [0.5, 0.6) is 0 Å². The minimum absolute atomic E-state index is 0.233. The van der Waals surface area contributed by atoms with E-state index in [4.69, 9.17) is 11.7 Å². The highest BCUT2D eigenvalue weighted by atomic mass is 32.1. The van der Waals surface area contributed by atoms with Crippen LogP contribution in [0.2, 0.25) is 0 Å². The molecule has 1 aromatic heterocycles. The summed E-state index contributed by atoms with van der Waals surface area (Å²) in [5.41, 5.74) is 2.38. The van der Waals surface area contributed by atoms with Crippen molar-refractivity contribution in [1.29, 1.82) is 0 Å². The van der Waals surface area contributed by atoms with Gasteiger partial charge in [0, 0.05) is 11.9 Å². The summed E-state index contributed by atoms with van der Waals surface area (Å²) in [6.07, 6.45) is 0. The highest BCUT2D eigenvalue weighted by Crippen LogP contribution is 2.31. The number of anilines is 2. The molecular formula is C13H16FN5OS. The molecule has 0 radical (unpaired) electrons. The summed E-state index contributed by atoms with van der Waals surface area (Å²) >= 11 is 1.57. The Kier molecular flexibility index (Phi) is 4.73. The van der Waals surface area contributed by atoms with Gasteiger partial charge in [-0.05, 0) is 23.6 Å². The van der Waals surface area contributed by atoms with Crippen LogP contribution in [0, 0.1) is 5.82 Å². The first-order valence-electron chi connectivity index (χ1n) is 6.12. The minimum atomic E-state index is -0.730. The molecule has 6 nitrogen and oxygen atoms in total. The number of nitrogens with two attached hydrogens (primary N) is 2. The van der Waals surface area contributed by atoms with E-state index in [1.807, 2.05) is 22.9 Å². The lowest BCUT2D eigenvalue weighted by atomic mass is 10.2. The van der Waals surface area contributed by atoms with Crippen molar-refractivity contribution in [3.8, 4) is 0 Å². The van der Waals surface area contributed by atoms with Gasteiger partial charge in [-0.1, -0.05) is 12.1 Å². The standard InChI is InChI=1S/C13H16FN5OS/c1-18(8-9-4-3-7-21-9)12-10(14)5-2-6-11(12)19(16)13(20)17-15/h2-7H,8,15-16H2,1H3,(H,17,20). The average molecular weight is 309 g/mol. The molecule has 0 aliphatic heterocycles. The maximum absolute atomic E-state index is 14.2. The van der Waals surface area contributed by atoms with E-state index in [2.05, 4.69) is 0 Å². The number of thiophene rings is 1. The van der Waals surface area contributed by atoms with Crippen LogP contribution in [-0.2, 0) is 6.54 Å². The Morgan fingerprint density at radius 3 is 2.76 bits per heavy atom. The summed E-state index contributed by atoms with van der Waals surface area (Å²) in [6.45, 7) is 0.504. The number of carbonyl (C=O) groups is 1. The number of urea groups is 1. The Balaban J connectivity index is 2.35. The third-order valence-electron chi connectivity index (χ3n) is 2.92. The summed E-state index contributed by atoms with van der Waals surface area (Å²) in [6, 6.07) is 7.50. The maximum Gasteiger partial charge on any atom is 0.350 e. The second-order valence-corrected chi connectivity index (χ2v) is 5.39. The summed E-state index contributed by atoms with van der Waals surface area (Å²) < 4.78 is 14.2. The van der Waals surface area contributed by atoms with E-state index in [9.17, 15) is 9.18 Å². The number of hydrazine groups is 2. The summed E-state index contributed by atoms with van der Waals surface area (Å²) in [5, 5.41) is 2.73. The fraction of sp³-hybridized carbons (Fsp3) is 0.154. The van der Waals surface area contributed by atoms with Gasteiger partial charge >= 0.3 is 6.03 Å². The van der Waals surface area contributed by atoms with E-state index in [1.54, 1.807) is 29.4 Å². The predicted molar refractivity (Wildman–Crippen MR) is 82.2 cm³/mol. The SMILES string of the molecule is CN(Cc1cccs1)c1c(F)cccc1N(N)C(=O)NN. The Labute approximate surface area is 125 Å². The fourth-order valence-electron chi connectivity index (χ4n) is 1.97. The zero-order valence-electron chi connectivity index (χ0n) is 11.4. The largest absolute Gasteiger partial charge is 0.365 e. The predicted octanol–water partition coefficient (Wildman–Crippen LogP) is 1.79. The van der Waals surface area contributed by atoms with E-state index >= 15 is 0 Å². The molecule has 21 heavy (non-hydrogen) atoms. The zero-order valence-corrected chi connectivity index (χ0v) is 12.2. The van der Waals surface area contributed by atoms with E-state index < -0.39 is 11.8 Å². The third kappa shape index (κ3) is 3.30. The van der Waals surface area contributed by atoms with Crippen LogP contribution in [0.15, 0.2) is 35.7 Å². The van der Waals surface area contributed by atoms with Crippen molar-refractivity contribution in [2.45, 2.75) is 6.54 Å². The van der Waals surface area contributed by atoms with Crippen LogP contribution < -0.4 is 27.0 Å². The topological polar surface area (TPSA) is 87.6 Å². The molecule has 2 rings (SSSR count). The van der Waals surface area contributed by atoms with Gasteiger partial charge < -0.3 is 4.90 Å². The molecule has 2 amide bonds. The normalized spacial score (nSPS) is 10.3. The summed E-state index contributed by atoms with van der Waals surface area (Å²) in [7, 11) is 1.73. The first-order chi connectivity index (χ1) is 10.0. The Bertz CT molecular complexity index is 619. The number of nitrogens with zero attached hydrogens (tertiary/aromatic N) is 2.